The monoisotopic (exact) mass is 418 g/mol. The minimum Gasteiger partial charge on any atom is -0.328 e. The molecule has 4 atom stereocenters. The zero-order chi connectivity index (χ0) is 22.0. The predicted octanol–water partition coefficient (Wildman–Crippen LogP) is 4.77. The highest BCUT2D eigenvalue weighted by Crippen LogP contribution is 2.37. The van der Waals surface area contributed by atoms with E-state index in [-0.39, 0.29) is 24.4 Å². The van der Waals surface area contributed by atoms with Crippen molar-refractivity contribution in [3.63, 3.8) is 0 Å². The van der Waals surface area contributed by atoms with E-state index < -0.39 is 6.04 Å². The smallest absolute Gasteiger partial charge is 0.250 e. The topological polar surface area (TPSA) is 40.6 Å². The largest absolute Gasteiger partial charge is 0.328 e. The molecule has 4 nitrogen and oxygen atoms in total. The van der Waals surface area contributed by atoms with Crippen LogP contribution in [0.2, 0.25) is 0 Å². The number of hydrogen-bond acceptors (Lipinski definition) is 2. The Labute approximate surface area is 186 Å². The summed E-state index contributed by atoms with van der Waals surface area (Å²) in [5.41, 5.74) is 3.25. The molecule has 0 radical (unpaired) electrons. The number of hydrogen-bond donors (Lipinski definition) is 0. The van der Waals surface area contributed by atoms with Crippen molar-refractivity contribution < 1.29 is 9.59 Å². The van der Waals surface area contributed by atoms with Gasteiger partial charge in [-0.25, -0.2) is 0 Å². The summed E-state index contributed by atoms with van der Waals surface area (Å²) in [5.74, 6) is 1.14. The van der Waals surface area contributed by atoms with Gasteiger partial charge in [0.15, 0.2) is 0 Å². The quantitative estimate of drug-likeness (QED) is 0.701. The Morgan fingerprint density at radius 2 is 1.65 bits per heavy atom. The van der Waals surface area contributed by atoms with Crippen LogP contribution < -0.4 is 0 Å². The second kappa shape index (κ2) is 9.25. The Bertz CT molecular complexity index is 909. The van der Waals surface area contributed by atoms with Gasteiger partial charge in [0, 0.05) is 12.6 Å². The molecule has 1 saturated carbocycles. The lowest BCUT2D eigenvalue weighted by Gasteiger charge is -2.47. The molecular formula is C27H34N2O2. The van der Waals surface area contributed by atoms with E-state index in [0.717, 1.165) is 30.4 Å². The van der Waals surface area contributed by atoms with Crippen LogP contribution in [0.1, 0.15) is 55.8 Å². The highest BCUT2D eigenvalue weighted by atomic mass is 16.2. The molecule has 0 bridgehead atoms. The summed E-state index contributed by atoms with van der Waals surface area (Å²) in [7, 11) is 0. The number of rotatable bonds is 5. The van der Waals surface area contributed by atoms with Crippen LogP contribution in [0.25, 0.3) is 0 Å². The van der Waals surface area contributed by atoms with Gasteiger partial charge < -0.3 is 9.80 Å². The third kappa shape index (κ3) is 4.53. The van der Waals surface area contributed by atoms with Gasteiger partial charge >= 0.3 is 0 Å². The number of benzene rings is 2. The Balaban J connectivity index is 1.63. The molecule has 0 spiro atoms. The lowest BCUT2D eigenvalue weighted by Crippen LogP contribution is -2.60. The average molecular weight is 419 g/mol. The molecular weight excluding hydrogens is 384 g/mol. The molecule has 164 valence electrons. The molecule has 0 unspecified atom stereocenters. The second-order valence-electron chi connectivity index (χ2n) is 9.44. The number of aryl methyl sites for hydroxylation is 1. The number of amides is 2. The normalized spacial score (nSPS) is 26.9. The summed E-state index contributed by atoms with van der Waals surface area (Å²) in [5, 5.41) is 0. The van der Waals surface area contributed by atoms with Crippen molar-refractivity contribution in [2.45, 2.75) is 58.5 Å². The molecule has 2 aromatic carbocycles. The van der Waals surface area contributed by atoms with Gasteiger partial charge in [-0.3, -0.25) is 9.59 Å². The van der Waals surface area contributed by atoms with Crippen LogP contribution in [0.4, 0.5) is 0 Å². The van der Waals surface area contributed by atoms with Gasteiger partial charge in [-0.15, -0.1) is 0 Å². The van der Waals surface area contributed by atoms with Gasteiger partial charge in [0.05, 0.1) is 0 Å². The average Bonchev–Trinajstić information content (AvgIpc) is 2.77. The van der Waals surface area contributed by atoms with Crippen molar-refractivity contribution >= 4 is 11.8 Å². The molecule has 2 amide bonds. The summed E-state index contributed by atoms with van der Waals surface area (Å²) in [4.78, 5) is 31.0. The highest BCUT2D eigenvalue weighted by molar-refractivity contribution is 5.95. The first-order valence-electron chi connectivity index (χ1n) is 11.7. The van der Waals surface area contributed by atoms with E-state index in [1.54, 1.807) is 0 Å². The van der Waals surface area contributed by atoms with Crippen molar-refractivity contribution in [1.29, 1.82) is 0 Å². The molecule has 2 aliphatic rings. The predicted molar refractivity (Wildman–Crippen MR) is 123 cm³/mol. The molecule has 4 rings (SSSR count). The Kier molecular flexibility index (Phi) is 6.45. The fourth-order valence-electron chi connectivity index (χ4n) is 5.24. The first kappa shape index (κ1) is 21.6. The Morgan fingerprint density at radius 1 is 0.935 bits per heavy atom. The summed E-state index contributed by atoms with van der Waals surface area (Å²) in [6.07, 6.45) is 4.08. The van der Waals surface area contributed by atoms with Gasteiger partial charge in [-0.1, -0.05) is 86.8 Å². The first-order valence-corrected chi connectivity index (χ1v) is 11.7. The van der Waals surface area contributed by atoms with Crippen LogP contribution in [-0.4, -0.2) is 40.7 Å². The zero-order valence-electron chi connectivity index (χ0n) is 19.0. The van der Waals surface area contributed by atoms with Gasteiger partial charge in [-0.05, 0) is 42.7 Å². The van der Waals surface area contributed by atoms with Crippen molar-refractivity contribution in [2.24, 2.45) is 11.8 Å². The van der Waals surface area contributed by atoms with Crippen molar-refractivity contribution in [3.8, 4) is 0 Å². The van der Waals surface area contributed by atoms with Crippen LogP contribution in [0.3, 0.4) is 0 Å². The maximum atomic E-state index is 13.9. The van der Waals surface area contributed by atoms with E-state index in [1.807, 2.05) is 59.2 Å². The molecule has 0 aromatic heterocycles. The second-order valence-corrected chi connectivity index (χ2v) is 9.44. The van der Waals surface area contributed by atoms with Gasteiger partial charge in [0.2, 0.25) is 5.91 Å². The minimum atomic E-state index is -0.532. The molecule has 1 aliphatic heterocycles. The number of nitrogens with zero attached hydrogens (tertiary/aromatic N) is 2. The molecule has 0 N–H and O–H groups in total. The molecule has 4 heteroatoms. The Morgan fingerprint density at radius 3 is 2.35 bits per heavy atom. The van der Waals surface area contributed by atoms with Crippen LogP contribution in [-0.2, 0) is 16.0 Å². The van der Waals surface area contributed by atoms with Crippen LogP contribution in [0, 0.1) is 18.8 Å². The number of piperazine rings is 1. The minimum absolute atomic E-state index is 0.0616. The Hall–Kier alpha value is -2.62. The maximum absolute atomic E-state index is 13.9. The molecule has 1 heterocycles. The van der Waals surface area contributed by atoms with E-state index in [2.05, 4.69) is 26.0 Å². The first-order chi connectivity index (χ1) is 15.0. The lowest BCUT2D eigenvalue weighted by atomic mass is 9.76. The van der Waals surface area contributed by atoms with E-state index in [1.165, 1.54) is 12.0 Å². The van der Waals surface area contributed by atoms with Gasteiger partial charge in [0.25, 0.3) is 5.91 Å². The fraction of sp³-hybridized carbons (Fsp3) is 0.481. The number of carbonyl (C=O) groups excluding carboxylic acids is 2. The van der Waals surface area contributed by atoms with E-state index in [4.69, 9.17) is 0 Å². The number of carbonyl (C=O) groups is 2. The fourth-order valence-corrected chi connectivity index (χ4v) is 5.24. The summed E-state index contributed by atoms with van der Waals surface area (Å²) in [6.45, 7) is 7.32. The molecule has 31 heavy (non-hydrogen) atoms. The molecule has 2 aromatic rings. The van der Waals surface area contributed by atoms with E-state index in [9.17, 15) is 9.59 Å². The SMILES string of the molecule is Cc1ccc([C@@H]2C(=O)N([C@@H]3CCC[C@H](C)[C@H]3C)CC(=O)N2CCc2ccccc2)cc1. The molecule has 1 saturated heterocycles. The van der Waals surface area contributed by atoms with Gasteiger partial charge in [0.1, 0.15) is 12.6 Å². The molecule has 2 fully saturated rings. The van der Waals surface area contributed by atoms with E-state index in [0.29, 0.717) is 18.4 Å². The summed E-state index contributed by atoms with van der Waals surface area (Å²) < 4.78 is 0. The lowest BCUT2D eigenvalue weighted by molar-refractivity contribution is -0.160. The van der Waals surface area contributed by atoms with Crippen molar-refractivity contribution in [1.82, 2.24) is 9.80 Å². The maximum Gasteiger partial charge on any atom is 0.250 e. The van der Waals surface area contributed by atoms with E-state index >= 15 is 0 Å². The van der Waals surface area contributed by atoms with Crippen LogP contribution >= 0.6 is 0 Å². The third-order valence-corrected chi connectivity index (χ3v) is 7.40. The molecule has 1 aliphatic carbocycles. The van der Waals surface area contributed by atoms with Crippen LogP contribution in [0.5, 0.6) is 0 Å². The summed E-state index contributed by atoms with van der Waals surface area (Å²) >= 11 is 0. The van der Waals surface area contributed by atoms with Gasteiger partial charge in [-0.2, -0.15) is 0 Å². The van der Waals surface area contributed by atoms with Crippen molar-refractivity contribution in [3.05, 3.63) is 71.3 Å². The van der Waals surface area contributed by atoms with Crippen LogP contribution in [0.15, 0.2) is 54.6 Å². The summed E-state index contributed by atoms with van der Waals surface area (Å²) in [6, 6.07) is 17.9. The third-order valence-electron chi connectivity index (χ3n) is 7.40. The zero-order valence-corrected chi connectivity index (χ0v) is 19.0. The van der Waals surface area contributed by atoms with Crippen molar-refractivity contribution in [2.75, 3.05) is 13.1 Å². The standard InChI is InChI=1S/C27H34N2O2/c1-19-12-14-23(15-13-19)26-27(31)29(24-11-7-8-20(2)21(24)3)18-25(30)28(26)17-16-22-9-5-4-6-10-22/h4-6,9-10,12-15,20-21,24,26H,7-8,11,16-18H2,1-3H3/t20-,21+,24+,26+/m0/s1. The highest BCUT2D eigenvalue weighted by Gasteiger charge is 2.44.